The Balaban J connectivity index is 0. The third-order valence-electron chi connectivity index (χ3n) is 0.877. The average Bonchev–Trinajstić information content (AvgIpc) is 2.15. The summed E-state index contributed by atoms with van der Waals surface area (Å²) in [5.74, 6) is -0.854. The number of carbonyl (C=O) groups is 1. The molecule has 0 saturated heterocycles. The number of carboxylic acids is 1. The molecule has 0 saturated carbocycles. The summed E-state index contributed by atoms with van der Waals surface area (Å²) in [7, 11) is 0. The second kappa shape index (κ2) is 4.49. The van der Waals surface area contributed by atoms with Crippen molar-refractivity contribution >= 4 is 5.97 Å². The van der Waals surface area contributed by atoms with Crippen molar-refractivity contribution < 1.29 is 40.9 Å². The molecule has 0 amide bonds. The van der Waals surface area contributed by atoms with Gasteiger partial charge in [-0.1, -0.05) is 0 Å². The molecular formula is C5H7N2NaO2. The van der Waals surface area contributed by atoms with Gasteiger partial charge in [0.1, 0.15) is 6.54 Å². The number of aliphatic carboxylic acids is 1. The van der Waals surface area contributed by atoms with Gasteiger partial charge in [-0.3, -0.25) is 4.79 Å². The molecule has 1 rings (SSSR count). The van der Waals surface area contributed by atoms with Gasteiger partial charge in [0, 0.05) is 12.4 Å². The van der Waals surface area contributed by atoms with E-state index >= 15 is 0 Å². The molecule has 0 aromatic carbocycles. The van der Waals surface area contributed by atoms with E-state index < -0.39 is 5.97 Å². The largest absolute Gasteiger partial charge is 1.00 e. The molecule has 0 radical (unpaired) electrons. The van der Waals surface area contributed by atoms with Crippen LogP contribution in [0.5, 0.6) is 0 Å². The Morgan fingerprint density at radius 1 is 1.80 bits per heavy atom. The number of aromatic nitrogens is 2. The first-order valence-electron chi connectivity index (χ1n) is 2.46. The zero-order valence-electron chi connectivity index (χ0n) is 6.69. The monoisotopic (exact) mass is 150 g/mol. The van der Waals surface area contributed by atoms with Crippen molar-refractivity contribution in [1.82, 2.24) is 9.55 Å². The summed E-state index contributed by atoms with van der Waals surface area (Å²) in [6.45, 7) is -0.0139. The third kappa shape index (κ3) is 3.00. The van der Waals surface area contributed by atoms with Gasteiger partial charge < -0.3 is 11.1 Å². The van der Waals surface area contributed by atoms with Crippen LogP contribution in [0.1, 0.15) is 1.43 Å². The number of nitrogens with zero attached hydrogens (tertiary/aromatic N) is 2. The van der Waals surface area contributed by atoms with Crippen molar-refractivity contribution in [3.63, 3.8) is 0 Å². The maximum Gasteiger partial charge on any atom is 1.00 e. The number of hydrogen-bond acceptors (Lipinski definition) is 2. The molecule has 1 aromatic rings. The normalized spacial score (nSPS) is 8.40. The van der Waals surface area contributed by atoms with Crippen molar-refractivity contribution in [2.24, 2.45) is 0 Å². The van der Waals surface area contributed by atoms with Gasteiger partial charge in [0.25, 0.3) is 0 Å². The Hall–Kier alpha value is -0.320. The second-order valence-electron chi connectivity index (χ2n) is 1.63. The Labute approximate surface area is 81.7 Å². The molecule has 0 fully saturated rings. The molecule has 0 bridgehead atoms. The molecule has 10 heavy (non-hydrogen) atoms. The van der Waals surface area contributed by atoms with Crippen LogP contribution in [0, 0.1) is 0 Å². The van der Waals surface area contributed by atoms with Crippen LogP contribution in [0.15, 0.2) is 18.7 Å². The molecular weight excluding hydrogens is 143 g/mol. The molecule has 4 nitrogen and oxygen atoms in total. The predicted molar refractivity (Wildman–Crippen MR) is 31.0 cm³/mol. The first kappa shape index (κ1) is 9.68. The minimum Gasteiger partial charge on any atom is -1.00 e. The smallest absolute Gasteiger partial charge is 1.00 e. The van der Waals surface area contributed by atoms with Crippen molar-refractivity contribution in [2.75, 3.05) is 0 Å². The summed E-state index contributed by atoms with van der Waals surface area (Å²) >= 11 is 0. The summed E-state index contributed by atoms with van der Waals surface area (Å²) in [5, 5.41) is 8.24. The molecule has 1 N–H and O–H groups in total. The van der Waals surface area contributed by atoms with Crippen LogP contribution >= 0.6 is 0 Å². The maximum atomic E-state index is 10.0. The van der Waals surface area contributed by atoms with Crippen molar-refractivity contribution in [1.29, 1.82) is 0 Å². The molecule has 0 aliphatic heterocycles. The van der Waals surface area contributed by atoms with E-state index in [-0.39, 0.29) is 37.5 Å². The van der Waals surface area contributed by atoms with E-state index in [4.69, 9.17) is 5.11 Å². The van der Waals surface area contributed by atoms with E-state index in [2.05, 4.69) is 4.98 Å². The first-order valence-corrected chi connectivity index (χ1v) is 2.46. The van der Waals surface area contributed by atoms with Gasteiger partial charge in [0.05, 0.1) is 6.33 Å². The Morgan fingerprint density at radius 2 is 2.50 bits per heavy atom. The fraction of sp³-hybridized carbons (Fsp3) is 0.200. The van der Waals surface area contributed by atoms with Crippen LogP contribution in [0.25, 0.3) is 0 Å². The van der Waals surface area contributed by atoms with Gasteiger partial charge in [-0.25, -0.2) is 4.98 Å². The molecule has 0 atom stereocenters. The van der Waals surface area contributed by atoms with Crippen LogP contribution in [-0.4, -0.2) is 20.6 Å². The average molecular weight is 150 g/mol. The van der Waals surface area contributed by atoms with E-state index in [1.807, 2.05) is 0 Å². The van der Waals surface area contributed by atoms with Crippen LogP contribution in [0.3, 0.4) is 0 Å². The second-order valence-corrected chi connectivity index (χ2v) is 1.63. The molecule has 1 aromatic heterocycles. The Morgan fingerprint density at radius 3 is 2.90 bits per heavy atom. The summed E-state index contributed by atoms with van der Waals surface area (Å²) < 4.78 is 1.49. The maximum absolute atomic E-state index is 10.0. The molecule has 1 heterocycles. The van der Waals surface area contributed by atoms with Gasteiger partial charge in [-0.15, -0.1) is 0 Å². The van der Waals surface area contributed by atoms with Crippen LogP contribution in [0.2, 0.25) is 0 Å². The van der Waals surface area contributed by atoms with Crippen molar-refractivity contribution in [2.45, 2.75) is 6.54 Å². The minimum absolute atomic E-state index is 0. The molecule has 0 unspecified atom stereocenters. The molecule has 0 spiro atoms. The summed E-state index contributed by atoms with van der Waals surface area (Å²) in [4.78, 5) is 13.7. The topological polar surface area (TPSA) is 55.1 Å². The van der Waals surface area contributed by atoms with Gasteiger partial charge in [-0.2, -0.15) is 0 Å². The van der Waals surface area contributed by atoms with E-state index in [0.717, 1.165) is 0 Å². The fourth-order valence-electron chi connectivity index (χ4n) is 0.536. The van der Waals surface area contributed by atoms with E-state index in [1.54, 1.807) is 12.4 Å². The van der Waals surface area contributed by atoms with Crippen molar-refractivity contribution in [3.8, 4) is 0 Å². The zero-order valence-corrected chi connectivity index (χ0v) is 7.69. The minimum atomic E-state index is -0.854. The van der Waals surface area contributed by atoms with Gasteiger partial charge in [-0.05, 0) is 0 Å². The molecule has 50 valence electrons. The Kier molecular flexibility index (Phi) is 4.34. The SMILES string of the molecule is O=C(O)Cn1ccnc1.[H-].[Na+]. The predicted octanol–water partition coefficient (Wildman–Crippen LogP) is -2.92. The van der Waals surface area contributed by atoms with Gasteiger partial charge in [0.15, 0.2) is 0 Å². The third-order valence-corrected chi connectivity index (χ3v) is 0.877. The quantitative estimate of drug-likeness (QED) is 0.460. The number of imidazole rings is 1. The van der Waals surface area contributed by atoms with Crippen LogP contribution in [0.4, 0.5) is 0 Å². The van der Waals surface area contributed by atoms with E-state index in [0.29, 0.717) is 0 Å². The zero-order chi connectivity index (χ0) is 6.69. The molecule has 5 heteroatoms. The standard InChI is InChI=1S/C5H6N2O2.Na.H/c8-5(9)3-7-2-1-6-4-7;;/h1-2,4H,3H2,(H,8,9);;/q;+1;-1. The number of hydrogen-bond donors (Lipinski definition) is 1. The fourth-order valence-corrected chi connectivity index (χ4v) is 0.536. The summed E-state index contributed by atoms with van der Waals surface area (Å²) in [6, 6.07) is 0. The van der Waals surface area contributed by atoms with Gasteiger partial charge >= 0.3 is 35.5 Å². The summed E-state index contributed by atoms with van der Waals surface area (Å²) in [6.07, 6.45) is 4.62. The summed E-state index contributed by atoms with van der Waals surface area (Å²) in [5.41, 5.74) is 0. The van der Waals surface area contributed by atoms with Crippen molar-refractivity contribution in [3.05, 3.63) is 18.7 Å². The van der Waals surface area contributed by atoms with Crippen LogP contribution < -0.4 is 29.6 Å². The van der Waals surface area contributed by atoms with E-state index in [9.17, 15) is 4.79 Å². The number of carboxylic acid groups (broad SMARTS) is 1. The Bertz CT molecular complexity index is 202. The molecule has 0 aliphatic carbocycles. The van der Waals surface area contributed by atoms with E-state index in [1.165, 1.54) is 10.9 Å². The van der Waals surface area contributed by atoms with Crippen LogP contribution in [-0.2, 0) is 11.3 Å². The number of rotatable bonds is 2. The van der Waals surface area contributed by atoms with Gasteiger partial charge in [0.2, 0.25) is 0 Å². The first-order chi connectivity index (χ1) is 4.29. The molecule has 0 aliphatic rings.